The summed E-state index contributed by atoms with van der Waals surface area (Å²) in [6.07, 6.45) is 5.13. The molecule has 2 aromatic heterocycles. The van der Waals surface area contributed by atoms with Gasteiger partial charge in [0.15, 0.2) is 5.69 Å². The second-order valence-electron chi connectivity index (χ2n) is 9.38. The molecule has 1 saturated carbocycles. The highest BCUT2D eigenvalue weighted by molar-refractivity contribution is 7.10. The lowest BCUT2D eigenvalue weighted by atomic mass is 9.94. The Hall–Kier alpha value is -3.44. The number of thiophene rings is 1. The molecule has 1 aliphatic rings. The Balaban J connectivity index is 1.77. The van der Waals surface area contributed by atoms with Crippen LogP contribution in [0.1, 0.15) is 68.7 Å². The van der Waals surface area contributed by atoms with Crippen molar-refractivity contribution in [3.8, 4) is 0 Å². The number of anilines is 2. The van der Waals surface area contributed by atoms with Gasteiger partial charge in [0.05, 0.1) is 12.2 Å². The zero-order chi connectivity index (χ0) is 26.5. The van der Waals surface area contributed by atoms with E-state index >= 15 is 0 Å². The summed E-state index contributed by atoms with van der Waals surface area (Å²) in [5.74, 6) is -1.52. The van der Waals surface area contributed by atoms with Crippen molar-refractivity contribution in [1.29, 1.82) is 0 Å². The molecule has 3 amide bonds. The largest absolute Gasteiger partial charge is 0.395 e. The van der Waals surface area contributed by atoms with Crippen LogP contribution >= 0.6 is 22.9 Å². The smallest absolute Gasteiger partial charge is 0.270 e. The molecule has 9 nitrogen and oxygen atoms in total. The molecule has 2 heterocycles. The van der Waals surface area contributed by atoms with Crippen LogP contribution in [-0.4, -0.2) is 47.1 Å². The van der Waals surface area contributed by atoms with Gasteiger partial charge in [0.2, 0.25) is 5.91 Å². The van der Waals surface area contributed by atoms with Gasteiger partial charge in [-0.3, -0.25) is 14.4 Å². The van der Waals surface area contributed by atoms with E-state index in [1.165, 1.54) is 16.2 Å². The van der Waals surface area contributed by atoms with E-state index in [2.05, 4.69) is 9.69 Å². The minimum Gasteiger partial charge on any atom is -0.395 e. The molecule has 1 aromatic carbocycles. The summed E-state index contributed by atoms with van der Waals surface area (Å²) in [7, 11) is 3.88. The molecular formula is C26H32N6O3S2. The van der Waals surface area contributed by atoms with Crippen LogP contribution < -0.4 is 21.7 Å². The molecule has 5 N–H and O–H groups in total. The maximum Gasteiger partial charge on any atom is 0.270 e. The SMILES string of the molecule is CN(C)c1ccc([C@H](C(=O)NC2CCCCC2)N(Cc2cccs2)C(=O)c2snc(C(N)=O)c2N)cc1. The van der Waals surface area contributed by atoms with E-state index in [-0.39, 0.29) is 34.8 Å². The van der Waals surface area contributed by atoms with Gasteiger partial charge in [-0.2, -0.15) is 4.37 Å². The van der Waals surface area contributed by atoms with Crippen LogP contribution in [0.4, 0.5) is 11.4 Å². The molecule has 1 aliphatic carbocycles. The standard InChI is InChI=1S/C26H32N6O3S2/c1-31(2)18-12-10-16(11-13-18)22(25(34)29-17-7-4-3-5-8-17)32(15-19-9-6-14-36-19)26(35)23-20(27)21(24(28)33)30-37-23/h6,9-14,17,22H,3-5,7-8,15,27H2,1-2H3,(H2,28,33)(H,29,34)/t22-/m1/s1. The number of aromatic nitrogens is 1. The molecule has 0 saturated heterocycles. The number of rotatable bonds is 9. The van der Waals surface area contributed by atoms with Crippen molar-refractivity contribution >= 4 is 52.0 Å². The van der Waals surface area contributed by atoms with Gasteiger partial charge in [0.1, 0.15) is 10.9 Å². The number of benzene rings is 1. The fourth-order valence-electron chi connectivity index (χ4n) is 4.57. The van der Waals surface area contributed by atoms with Gasteiger partial charge < -0.3 is 26.6 Å². The van der Waals surface area contributed by atoms with Crippen LogP contribution in [0.25, 0.3) is 0 Å². The number of carbonyl (C=O) groups excluding carboxylic acids is 3. The van der Waals surface area contributed by atoms with Crippen molar-refractivity contribution in [1.82, 2.24) is 14.6 Å². The van der Waals surface area contributed by atoms with Crippen molar-refractivity contribution in [2.75, 3.05) is 24.7 Å². The van der Waals surface area contributed by atoms with Gasteiger partial charge in [0, 0.05) is 30.7 Å². The minimum absolute atomic E-state index is 0.0620. The lowest BCUT2D eigenvalue weighted by molar-refractivity contribution is -0.127. The summed E-state index contributed by atoms with van der Waals surface area (Å²) in [6.45, 7) is 0.192. The first-order chi connectivity index (χ1) is 17.8. The van der Waals surface area contributed by atoms with Gasteiger partial charge in [-0.25, -0.2) is 0 Å². The first-order valence-corrected chi connectivity index (χ1v) is 13.9. The lowest BCUT2D eigenvalue weighted by Gasteiger charge is -2.33. The molecular weight excluding hydrogens is 508 g/mol. The van der Waals surface area contributed by atoms with Crippen molar-refractivity contribution in [3.05, 3.63) is 62.8 Å². The Morgan fingerprint density at radius 3 is 2.38 bits per heavy atom. The summed E-state index contributed by atoms with van der Waals surface area (Å²) in [4.78, 5) is 44.1. The molecule has 11 heteroatoms. The van der Waals surface area contributed by atoms with E-state index in [1.807, 2.05) is 60.8 Å². The predicted molar refractivity (Wildman–Crippen MR) is 148 cm³/mol. The Morgan fingerprint density at radius 1 is 1.11 bits per heavy atom. The molecule has 1 atom stereocenters. The molecule has 0 radical (unpaired) electrons. The fourth-order valence-corrected chi connectivity index (χ4v) is 6.03. The topological polar surface area (TPSA) is 135 Å². The number of nitrogen functional groups attached to an aromatic ring is 1. The third-order valence-electron chi connectivity index (χ3n) is 6.56. The molecule has 1 fully saturated rings. The monoisotopic (exact) mass is 540 g/mol. The first kappa shape index (κ1) is 26.6. The number of primary amides is 1. The number of amides is 3. The van der Waals surface area contributed by atoms with E-state index in [9.17, 15) is 14.4 Å². The number of hydrogen-bond donors (Lipinski definition) is 3. The third kappa shape index (κ3) is 6.11. The van der Waals surface area contributed by atoms with E-state index in [1.54, 1.807) is 0 Å². The van der Waals surface area contributed by atoms with Crippen LogP contribution in [0.15, 0.2) is 41.8 Å². The Morgan fingerprint density at radius 2 is 1.81 bits per heavy atom. The highest BCUT2D eigenvalue weighted by Crippen LogP contribution is 2.32. The molecule has 4 rings (SSSR count). The molecule has 0 unspecified atom stereocenters. The summed E-state index contributed by atoms with van der Waals surface area (Å²) >= 11 is 2.31. The van der Waals surface area contributed by atoms with E-state index in [4.69, 9.17) is 11.5 Å². The third-order valence-corrected chi connectivity index (χ3v) is 8.27. The van der Waals surface area contributed by atoms with Gasteiger partial charge in [-0.05, 0) is 53.5 Å². The predicted octanol–water partition coefficient (Wildman–Crippen LogP) is 3.78. The van der Waals surface area contributed by atoms with E-state index in [0.29, 0.717) is 5.56 Å². The lowest BCUT2D eigenvalue weighted by Crippen LogP contribution is -2.46. The maximum absolute atomic E-state index is 14.0. The summed E-state index contributed by atoms with van der Waals surface area (Å²) in [6, 6.07) is 10.6. The quantitative estimate of drug-likeness (QED) is 0.378. The molecule has 0 aliphatic heterocycles. The second-order valence-corrected chi connectivity index (χ2v) is 11.2. The van der Waals surface area contributed by atoms with Gasteiger partial charge in [-0.15, -0.1) is 11.3 Å². The van der Waals surface area contributed by atoms with Crippen LogP contribution in [0.2, 0.25) is 0 Å². The van der Waals surface area contributed by atoms with Gasteiger partial charge >= 0.3 is 0 Å². The number of nitrogens with one attached hydrogen (secondary N) is 1. The Bertz CT molecular complexity index is 1230. The summed E-state index contributed by atoms with van der Waals surface area (Å²) in [5.41, 5.74) is 13.0. The van der Waals surface area contributed by atoms with Crippen LogP contribution in [0.5, 0.6) is 0 Å². The zero-order valence-corrected chi connectivity index (χ0v) is 22.6. The van der Waals surface area contributed by atoms with Gasteiger partial charge in [0.25, 0.3) is 11.8 Å². The molecule has 196 valence electrons. The summed E-state index contributed by atoms with van der Waals surface area (Å²) < 4.78 is 4.01. The van der Waals surface area contributed by atoms with E-state index < -0.39 is 17.9 Å². The Kier molecular flexibility index (Phi) is 8.45. The molecule has 0 spiro atoms. The van der Waals surface area contributed by atoms with Crippen molar-refractivity contribution in [2.24, 2.45) is 5.73 Å². The minimum atomic E-state index is -0.911. The average molecular weight is 541 g/mol. The van der Waals surface area contributed by atoms with Crippen LogP contribution in [0, 0.1) is 0 Å². The fraction of sp³-hybridized carbons (Fsp3) is 0.385. The molecule has 3 aromatic rings. The molecule has 0 bridgehead atoms. The maximum atomic E-state index is 14.0. The number of hydrogen-bond acceptors (Lipinski definition) is 8. The van der Waals surface area contributed by atoms with Crippen molar-refractivity contribution < 1.29 is 14.4 Å². The normalized spacial score (nSPS) is 14.6. The highest BCUT2D eigenvalue weighted by atomic mass is 32.1. The first-order valence-electron chi connectivity index (χ1n) is 12.2. The van der Waals surface area contributed by atoms with Crippen molar-refractivity contribution in [3.63, 3.8) is 0 Å². The number of carbonyl (C=O) groups is 3. The highest BCUT2D eigenvalue weighted by Gasteiger charge is 2.36. The zero-order valence-electron chi connectivity index (χ0n) is 21.0. The number of nitrogens with two attached hydrogens (primary N) is 2. The second kappa shape index (κ2) is 11.7. The van der Waals surface area contributed by atoms with Crippen LogP contribution in [-0.2, 0) is 11.3 Å². The Labute approximate surface area is 224 Å². The number of nitrogens with zero attached hydrogens (tertiary/aromatic N) is 3. The van der Waals surface area contributed by atoms with Crippen molar-refractivity contribution in [2.45, 2.75) is 50.7 Å². The summed E-state index contributed by atoms with van der Waals surface area (Å²) in [5, 5.41) is 5.13. The average Bonchev–Trinajstić information content (AvgIpc) is 3.53. The van der Waals surface area contributed by atoms with E-state index in [0.717, 1.165) is 54.2 Å². The van der Waals surface area contributed by atoms with Gasteiger partial charge in [-0.1, -0.05) is 37.5 Å². The molecule has 37 heavy (non-hydrogen) atoms. The van der Waals surface area contributed by atoms with Crippen LogP contribution in [0.3, 0.4) is 0 Å².